The van der Waals surface area contributed by atoms with Crippen LogP contribution in [0.1, 0.15) is 20.8 Å². The first-order chi connectivity index (χ1) is 8.51. The number of ether oxygens (including phenoxy) is 1. The van der Waals surface area contributed by atoms with Gasteiger partial charge in [0.05, 0.1) is 6.54 Å². The molecule has 4 nitrogen and oxygen atoms in total. The summed E-state index contributed by atoms with van der Waals surface area (Å²) >= 11 is 0. The molecule has 0 bridgehead atoms. The maximum absolute atomic E-state index is 5.59. The fourth-order valence-corrected chi connectivity index (χ4v) is 1.39. The van der Waals surface area contributed by atoms with Crippen LogP contribution in [0.25, 0.3) is 0 Å². The normalized spacial score (nSPS) is 11.5. The maximum atomic E-state index is 5.59. The molecule has 0 spiro atoms. The van der Waals surface area contributed by atoms with Crippen LogP contribution in [-0.4, -0.2) is 31.7 Å². The molecular weight excluding hydrogens is 353 g/mol. The van der Waals surface area contributed by atoms with Crippen molar-refractivity contribution < 1.29 is 4.74 Å². The standard InChI is InChI=1S/C14H23N3O.HI/c1-14(2,3)17-13(15-4)16-10-11-18-12-8-6-5-7-9-12;/h5-9H,10-11H2,1-4H3,(H2,15,16,17);1H. The van der Waals surface area contributed by atoms with Crippen LogP contribution in [0.2, 0.25) is 0 Å². The van der Waals surface area contributed by atoms with Crippen molar-refractivity contribution >= 4 is 29.9 Å². The third kappa shape index (κ3) is 8.69. The van der Waals surface area contributed by atoms with E-state index in [1.54, 1.807) is 7.05 Å². The number of nitrogens with zero attached hydrogens (tertiary/aromatic N) is 1. The Balaban J connectivity index is 0.00000324. The maximum Gasteiger partial charge on any atom is 0.191 e. The lowest BCUT2D eigenvalue weighted by Gasteiger charge is -2.23. The van der Waals surface area contributed by atoms with E-state index in [-0.39, 0.29) is 29.5 Å². The van der Waals surface area contributed by atoms with Gasteiger partial charge in [0.25, 0.3) is 0 Å². The molecule has 2 N–H and O–H groups in total. The minimum atomic E-state index is 0. The molecule has 5 heteroatoms. The second-order valence-corrected chi connectivity index (χ2v) is 5.04. The van der Waals surface area contributed by atoms with Crippen molar-refractivity contribution in [2.24, 2.45) is 4.99 Å². The molecule has 0 unspecified atom stereocenters. The summed E-state index contributed by atoms with van der Waals surface area (Å²) in [4.78, 5) is 4.16. The van der Waals surface area contributed by atoms with Crippen molar-refractivity contribution in [2.75, 3.05) is 20.2 Å². The fourth-order valence-electron chi connectivity index (χ4n) is 1.39. The van der Waals surface area contributed by atoms with Gasteiger partial charge < -0.3 is 15.4 Å². The Bertz CT molecular complexity index is 374. The van der Waals surface area contributed by atoms with Gasteiger partial charge in [0.15, 0.2) is 5.96 Å². The van der Waals surface area contributed by atoms with Crippen LogP contribution in [0.15, 0.2) is 35.3 Å². The van der Waals surface area contributed by atoms with Gasteiger partial charge in [-0.25, -0.2) is 0 Å². The van der Waals surface area contributed by atoms with Gasteiger partial charge in [0.2, 0.25) is 0 Å². The summed E-state index contributed by atoms with van der Waals surface area (Å²) in [6.45, 7) is 7.61. The van der Waals surface area contributed by atoms with Gasteiger partial charge in [-0.3, -0.25) is 4.99 Å². The van der Waals surface area contributed by atoms with Crippen LogP contribution in [-0.2, 0) is 0 Å². The van der Waals surface area contributed by atoms with Gasteiger partial charge in [0.1, 0.15) is 12.4 Å². The Kier molecular flexibility index (Phi) is 8.54. The van der Waals surface area contributed by atoms with Crippen LogP contribution < -0.4 is 15.4 Å². The van der Waals surface area contributed by atoms with Gasteiger partial charge in [-0.05, 0) is 32.9 Å². The van der Waals surface area contributed by atoms with Crippen LogP contribution in [0.3, 0.4) is 0 Å². The number of para-hydroxylation sites is 1. The largest absolute Gasteiger partial charge is 0.492 e. The zero-order chi connectivity index (χ0) is 13.4. The quantitative estimate of drug-likeness (QED) is 0.367. The highest BCUT2D eigenvalue weighted by atomic mass is 127. The monoisotopic (exact) mass is 377 g/mol. The van der Waals surface area contributed by atoms with Crippen LogP contribution in [0.5, 0.6) is 5.75 Å². The Labute approximate surface area is 133 Å². The molecule has 1 aromatic rings. The molecule has 0 aliphatic carbocycles. The van der Waals surface area contributed by atoms with Crippen LogP contribution in [0.4, 0.5) is 0 Å². The number of benzene rings is 1. The molecule has 0 saturated carbocycles. The molecule has 0 radical (unpaired) electrons. The first-order valence-corrected chi connectivity index (χ1v) is 6.18. The summed E-state index contributed by atoms with van der Waals surface area (Å²) < 4.78 is 5.59. The van der Waals surface area contributed by atoms with E-state index in [0.29, 0.717) is 13.2 Å². The molecule has 0 saturated heterocycles. The summed E-state index contributed by atoms with van der Waals surface area (Å²) in [6, 6.07) is 9.79. The molecule has 0 aliphatic rings. The number of aliphatic imine (C=N–C) groups is 1. The predicted octanol–water partition coefficient (Wildman–Crippen LogP) is 2.65. The Morgan fingerprint density at radius 2 is 1.84 bits per heavy atom. The van der Waals surface area contributed by atoms with Gasteiger partial charge in [-0.1, -0.05) is 18.2 Å². The van der Waals surface area contributed by atoms with Crippen molar-refractivity contribution in [1.82, 2.24) is 10.6 Å². The first-order valence-electron chi connectivity index (χ1n) is 6.18. The van der Waals surface area contributed by atoms with Crippen molar-refractivity contribution in [2.45, 2.75) is 26.3 Å². The lowest BCUT2D eigenvalue weighted by atomic mass is 10.1. The van der Waals surface area contributed by atoms with E-state index >= 15 is 0 Å². The predicted molar refractivity (Wildman–Crippen MR) is 91.6 cm³/mol. The van der Waals surface area contributed by atoms with Gasteiger partial charge in [-0.15, -0.1) is 24.0 Å². The molecule has 0 aromatic heterocycles. The third-order valence-electron chi connectivity index (χ3n) is 2.12. The van der Waals surface area contributed by atoms with E-state index in [1.807, 2.05) is 30.3 Å². The zero-order valence-electron chi connectivity index (χ0n) is 12.1. The van der Waals surface area contributed by atoms with Gasteiger partial charge in [-0.2, -0.15) is 0 Å². The number of nitrogens with one attached hydrogen (secondary N) is 2. The minimum absolute atomic E-state index is 0. The number of hydrogen-bond donors (Lipinski definition) is 2. The van der Waals surface area contributed by atoms with E-state index in [0.717, 1.165) is 11.7 Å². The highest BCUT2D eigenvalue weighted by molar-refractivity contribution is 14.0. The van der Waals surface area contributed by atoms with E-state index < -0.39 is 0 Å². The topological polar surface area (TPSA) is 45.7 Å². The molecule has 108 valence electrons. The van der Waals surface area contributed by atoms with Crippen molar-refractivity contribution in [3.05, 3.63) is 30.3 Å². The summed E-state index contributed by atoms with van der Waals surface area (Å²) in [5.41, 5.74) is 0.00211. The van der Waals surface area contributed by atoms with Gasteiger partial charge in [0, 0.05) is 12.6 Å². The molecule has 19 heavy (non-hydrogen) atoms. The molecule has 1 rings (SSSR count). The van der Waals surface area contributed by atoms with E-state index in [2.05, 4.69) is 36.4 Å². The van der Waals surface area contributed by atoms with Crippen LogP contribution >= 0.6 is 24.0 Å². The zero-order valence-corrected chi connectivity index (χ0v) is 14.4. The van der Waals surface area contributed by atoms with E-state index in [1.165, 1.54) is 0 Å². The molecule has 0 aliphatic heterocycles. The van der Waals surface area contributed by atoms with Gasteiger partial charge >= 0.3 is 0 Å². The fraction of sp³-hybridized carbons (Fsp3) is 0.500. The summed E-state index contributed by atoms with van der Waals surface area (Å²) in [5.74, 6) is 1.68. The molecule has 0 atom stereocenters. The summed E-state index contributed by atoms with van der Waals surface area (Å²) in [7, 11) is 1.76. The van der Waals surface area contributed by atoms with Crippen molar-refractivity contribution in [1.29, 1.82) is 0 Å². The summed E-state index contributed by atoms with van der Waals surface area (Å²) in [5, 5.41) is 6.50. The Morgan fingerprint density at radius 1 is 1.21 bits per heavy atom. The molecule has 0 fully saturated rings. The molecule has 0 heterocycles. The lowest BCUT2D eigenvalue weighted by Crippen LogP contribution is -2.48. The third-order valence-corrected chi connectivity index (χ3v) is 2.12. The Morgan fingerprint density at radius 3 is 2.37 bits per heavy atom. The molecular formula is C14H24IN3O. The second kappa shape index (κ2) is 9.01. The number of rotatable bonds is 4. The number of guanidine groups is 1. The smallest absolute Gasteiger partial charge is 0.191 e. The minimum Gasteiger partial charge on any atom is -0.492 e. The first kappa shape index (κ1) is 18.0. The molecule has 1 aromatic carbocycles. The highest BCUT2D eigenvalue weighted by Crippen LogP contribution is 2.07. The van der Waals surface area contributed by atoms with Crippen LogP contribution in [0, 0.1) is 0 Å². The lowest BCUT2D eigenvalue weighted by molar-refractivity contribution is 0.321. The summed E-state index contributed by atoms with van der Waals surface area (Å²) in [6.07, 6.45) is 0. The second-order valence-electron chi connectivity index (χ2n) is 5.04. The molecule has 0 amide bonds. The van der Waals surface area contributed by atoms with Crippen molar-refractivity contribution in [3.8, 4) is 5.75 Å². The average molecular weight is 377 g/mol. The average Bonchev–Trinajstić information content (AvgIpc) is 2.33. The SMILES string of the molecule is CN=C(NCCOc1ccccc1)NC(C)(C)C.I. The number of hydrogen-bond acceptors (Lipinski definition) is 2. The van der Waals surface area contributed by atoms with E-state index in [9.17, 15) is 0 Å². The van der Waals surface area contributed by atoms with Crippen molar-refractivity contribution in [3.63, 3.8) is 0 Å². The number of halogens is 1. The highest BCUT2D eigenvalue weighted by Gasteiger charge is 2.11. The van der Waals surface area contributed by atoms with E-state index in [4.69, 9.17) is 4.74 Å². The Hall–Kier alpha value is -0.980.